The van der Waals surface area contributed by atoms with Crippen LogP contribution in [-0.4, -0.2) is 23.6 Å². The SMILES string of the molecule is CCNc1ncc(F)c(OC)n1. The van der Waals surface area contributed by atoms with Gasteiger partial charge in [0.15, 0.2) is 0 Å². The third-order valence-corrected chi connectivity index (χ3v) is 1.24. The summed E-state index contributed by atoms with van der Waals surface area (Å²) in [5.41, 5.74) is 0. The zero-order valence-electron chi connectivity index (χ0n) is 6.97. The Morgan fingerprint density at radius 3 is 3.00 bits per heavy atom. The Bertz CT molecular complexity index is 267. The van der Waals surface area contributed by atoms with Crippen molar-refractivity contribution in [2.45, 2.75) is 6.92 Å². The van der Waals surface area contributed by atoms with Crippen molar-refractivity contribution < 1.29 is 9.13 Å². The Hall–Kier alpha value is -1.39. The number of nitrogens with zero attached hydrogens (tertiary/aromatic N) is 2. The number of methoxy groups -OCH3 is 1. The van der Waals surface area contributed by atoms with Crippen molar-refractivity contribution in [2.75, 3.05) is 19.0 Å². The number of halogens is 1. The summed E-state index contributed by atoms with van der Waals surface area (Å²) in [6.07, 6.45) is 1.07. The molecule has 0 aromatic carbocycles. The zero-order chi connectivity index (χ0) is 8.97. The smallest absolute Gasteiger partial charge is 0.255 e. The lowest BCUT2D eigenvalue weighted by atomic mass is 10.6. The molecule has 1 aromatic heterocycles. The molecule has 1 N–H and O–H groups in total. The highest BCUT2D eigenvalue weighted by atomic mass is 19.1. The van der Waals surface area contributed by atoms with Crippen molar-refractivity contribution in [3.63, 3.8) is 0 Å². The van der Waals surface area contributed by atoms with Crippen molar-refractivity contribution in [3.8, 4) is 5.88 Å². The number of nitrogens with one attached hydrogen (secondary N) is 1. The average Bonchev–Trinajstić information content (AvgIpc) is 2.09. The number of ether oxygens (including phenoxy) is 1. The maximum Gasteiger partial charge on any atom is 0.255 e. The summed E-state index contributed by atoms with van der Waals surface area (Å²) in [7, 11) is 1.36. The first kappa shape index (κ1) is 8.70. The topological polar surface area (TPSA) is 47.0 Å². The highest BCUT2D eigenvalue weighted by Gasteiger charge is 2.04. The molecule has 0 unspecified atom stereocenters. The summed E-state index contributed by atoms with van der Waals surface area (Å²) >= 11 is 0. The van der Waals surface area contributed by atoms with Crippen LogP contribution >= 0.6 is 0 Å². The fraction of sp³-hybridized carbons (Fsp3) is 0.429. The number of rotatable bonds is 3. The first-order valence-electron chi connectivity index (χ1n) is 3.58. The minimum Gasteiger partial charge on any atom is -0.479 e. The monoisotopic (exact) mass is 171 g/mol. The lowest BCUT2D eigenvalue weighted by molar-refractivity contribution is 0.368. The molecule has 0 bridgehead atoms. The van der Waals surface area contributed by atoms with Crippen LogP contribution in [0.3, 0.4) is 0 Å². The van der Waals surface area contributed by atoms with Crippen LogP contribution < -0.4 is 10.1 Å². The summed E-state index contributed by atoms with van der Waals surface area (Å²) in [5, 5.41) is 2.84. The van der Waals surface area contributed by atoms with Gasteiger partial charge in [-0.25, -0.2) is 4.98 Å². The molecule has 0 amide bonds. The highest BCUT2D eigenvalue weighted by Crippen LogP contribution is 2.12. The lowest BCUT2D eigenvalue weighted by Gasteiger charge is -2.03. The molecule has 4 nitrogen and oxygen atoms in total. The molecular weight excluding hydrogens is 161 g/mol. The summed E-state index contributed by atoms with van der Waals surface area (Å²) in [6, 6.07) is 0. The summed E-state index contributed by atoms with van der Waals surface area (Å²) in [5.74, 6) is -0.226. The largest absolute Gasteiger partial charge is 0.479 e. The van der Waals surface area contributed by atoms with Crippen LogP contribution in [0.2, 0.25) is 0 Å². The van der Waals surface area contributed by atoms with Crippen LogP contribution in [0.5, 0.6) is 5.88 Å². The fourth-order valence-electron chi connectivity index (χ4n) is 0.738. The minimum absolute atomic E-state index is 0.0408. The van der Waals surface area contributed by atoms with Gasteiger partial charge in [-0.3, -0.25) is 0 Å². The van der Waals surface area contributed by atoms with Gasteiger partial charge in [-0.2, -0.15) is 9.37 Å². The van der Waals surface area contributed by atoms with Gasteiger partial charge in [0.2, 0.25) is 11.8 Å². The molecule has 1 aromatic rings. The van der Waals surface area contributed by atoms with E-state index in [4.69, 9.17) is 0 Å². The van der Waals surface area contributed by atoms with E-state index in [1.165, 1.54) is 7.11 Å². The van der Waals surface area contributed by atoms with Crippen LogP contribution in [-0.2, 0) is 0 Å². The third-order valence-electron chi connectivity index (χ3n) is 1.24. The normalized spacial score (nSPS) is 9.58. The molecule has 0 aliphatic rings. The van der Waals surface area contributed by atoms with E-state index >= 15 is 0 Å². The molecule has 1 rings (SSSR count). The fourth-order valence-corrected chi connectivity index (χ4v) is 0.738. The van der Waals surface area contributed by atoms with Crippen molar-refractivity contribution in [2.24, 2.45) is 0 Å². The van der Waals surface area contributed by atoms with Crippen molar-refractivity contribution in [1.82, 2.24) is 9.97 Å². The van der Waals surface area contributed by atoms with E-state index in [1.807, 2.05) is 6.92 Å². The molecule has 0 fully saturated rings. The van der Waals surface area contributed by atoms with E-state index in [-0.39, 0.29) is 5.88 Å². The van der Waals surface area contributed by atoms with Gasteiger partial charge in [-0.15, -0.1) is 0 Å². The lowest BCUT2D eigenvalue weighted by Crippen LogP contribution is -2.04. The molecule has 0 aliphatic carbocycles. The van der Waals surface area contributed by atoms with E-state index in [1.54, 1.807) is 0 Å². The maximum absolute atomic E-state index is 12.7. The standard InChI is InChI=1S/C7H10FN3O/c1-3-9-7-10-4-5(8)6(11-7)12-2/h4H,3H2,1-2H3,(H,9,10,11). The first-order valence-corrected chi connectivity index (χ1v) is 3.58. The van der Waals surface area contributed by atoms with Gasteiger partial charge >= 0.3 is 0 Å². The van der Waals surface area contributed by atoms with Gasteiger partial charge in [0.1, 0.15) is 0 Å². The maximum atomic E-state index is 12.7. The summed E-state index contributed by atoms with van der Waals surface area (Å²) in [4.78, 5) is 7.46. The van der Waals surface area contributed by atoms with Crippen LogP contribution in [0.15, 0.2) is 6.20 Å². The van der Waals surface area contributed by atoms with Gasteiger partial charge < -0.3 is 10.1 Å². The Morgan fingerprint density at radius 2 is 2.42 bits per heavy atom. The van der Waals surface area contributed by atoms with Gasteiger partial charge in [0.25, 0.3) is 5.88 Å². The number of aromatic nitrogens is 2. The van der Waals surface area contributed by atoms with E-state index < -0.39 is 5.82 Å². The molecule has 0 aliphatic heterocycles. The van der Waals surface area contributed by atoms with Gasteiger partial charge in [0, 0.05) is 6.54 Å². The summed E-state index contributed by atoms with van der Waals surface area (Å²) < 4.78 is 17.4. The molecular formula is C7H10FN3O. The molecule has 0 saturated carbocycles. The predicted octanol–water partition coefficient (Wildman–Crippen LogP) is 1.06. The second kappa shape index (κ2) is 3.85. The predicted molar refractivity (Wildman–Crippen MR) is 42.7 cm³/mol. The van der Waals surface area contributed by atoms with Crippen LogP contribution in [0.25, 0.3) is 0 Å². The quantitative estimate of drug-likeness (QED) is 0.738. The van der Waals surface area contributed by atoms with Gasteiger partial charge in [-0.05, 0) is 6.92 Å². The Balaban J connectivity index is 2.89. The molecule has 12 heavy (non-hydrogen) atoms. The second-order valence-electron chi connectivity index (χ2n) is 2.08. The van der Waals surface area contributed by atoms with Gasteiger partial charge in [0.05, 0.1) is 13.3 Å². The average molecular weight is 171 g/mol. The Kier molecular flexibility index (Phi) is 2.79. The van der Waals surface area contributed by atoms with Crippen molar-refractivity contribution in [3.05, 3.63) is 12.0 Å². The van der Waals surface area contributed by atoms with E-state index in [0.29, 0.717) is 12.5 Å². The van der Waals surface area contributed by atoms with Crippen molar-refractivity contribution >= 4 is 5.95 Å². The zero-order valence-corrected chi connectivity index (χ0v) is 6.97. The van der Waals surface area contributed by atoms with E-state index in [9.17, 15) is 4.39 Å². The number of anilines is 1. The molecule has 66 valence electrons. The molecule has 0 atom stereocenters. The van der Waals surface area contributed by atoms with Crippen LogP contribution in [0, 0.1) is 5.82 Å². The number of hydrogen-bond donors (Lipinski definition) is 1. The van der Waals surface area contributed by atoms with E-state index in [0.717, 1.165) is 6.20 Å². The van der Waals surface area contributed by atoms with Crippen LogP contribution in [0.1, 0.15) is 6.92 Å². The second-order valence-corrected chi connectivity index (χ2v) is 2.08. The molecule has 5 heteroatoms. The molecule has 0 spiro atoms. The minimum atomic E-state index is -0.556. The molecule has 1 heterocycles. The van der Waals surface area contributed by atoms with Crippen LogP contribution in [0.4, 0.5) is 10.3 Å². The van der Waals surface area contributed by atoms with Crippen molar-refractivity contribution in [1.29, 1.82) is 0 Å². The molecule has 0 saturated heterocycles. The molecule has 0 radical (unpaired) electrons. The first-order chi connectivity index (χ1) is 5.77. The number of hydrogen-bond acceptors (Lipinski definition) is 4. The van der Waals surface area contributed by atoms with E-state index in [2.05, 4.69) is 20.0 Å². The summed E-state index contributed by atoms with van der Waals surface area (Å²) in [6.45, 7) is 2.59. The van der Waals surface area contributed by atoms with Gasteiger partial charge in [-0.1, -0.05) is 0 Å². The highest BCUT2D eigenvalue weighted by molar-refractivity contribution is 5.27. The Morgan fingerprint density at radius 1 is 1.67 bits per heavy atom. The third kappa shape index (κ3) is 1.81. The Labute approximate surface area is 69.8 Å².